The number of ether oxygens (including phenoxy) is 2. The lowest BCUT2D eigenvalue weighted by Crippen LogP contribution is -2.52. The van der Waals surface area contributed by atoms with Crippen molar-refractivity contribution < 1.29 is 27.4 Å². The van der Waals surface area contributed by atoms with Crippen LogP contribution >= 0.6 is 0 Å². The predicted molar refractivity (Wildman–Crippen MR) is 71.6 cm³/mol. The lowest BCUT2D eigenvalue weighted by atomic mass is 9.92. The van der Waals surface area contributed by atoms with Gasteiger partial charge in [0.25, 0.3) is 5.60 Å². The van der Waals surface area contributed by atoms with Crippen LogP contribution in [-0.4, -0.2) is 25.9 Å². The van der Waals surface area contributed by atoms with Crippen molar-refractivity contribution in [2.24, 2.45) is 5.92 Å². The normalized spacial score (nSPS) is 16.1. The Labute approximate surface area is 122 Å². The van der Waals surface area contributed by atoms with Crippen molar-refractivity contribution in [3.63, 3.8) is 0 Å². The zero-order valence-corrected chi connectivity index (χ0v) is 12.2. The Hall–Kier alpha value is -1.56. The van der Waals surface area contributed by atoms with Crippen LogP contribution in [0.15, 0.2) is 30.3 Å². The average molecular weight is 304 g/mol. The number of hydrogen-bond donors (Lipinski definition) is 0. The molecule has 1 rings (SSSR count). The molecule has 0 N–H and O–H groups in total. The van der Waals surface area contributed by atoms with Gasteiger partial charge < -0.3 is 9.47 Å². The molecular weight excluding hydrogens is 285 g/mol. The molecule has 0 aromatic heterocycles. The highest BCUT2D eigenvalue weighted by atomic mass is 19.4. The van der Waals surface area contributed by atoms with Gasteiger partial charge in [0.15, 0.2) is 0 Å². The summed E-state index contributed by atoms with van der Waals surface area (Å²) in [5.41, 5.74) is -3.39. The summed E-state index contributed by atoms with van der Waals surface area (Å²) in [5, 5.41) is 0. The molecule has 0 aliphatic heterocycles. The Morgan fingerprint density at radius 3 is 2.24 bits per heavy atom. The van der Waals surface area contributed by atoms with E-state index in [9.17, 15) is 18.0 Å². The smallest absolute Gasteiger partial charge is 0.432 e. The van der Waals surface area contributed by atoms with E-state index in [1.54, 1.807) is 13.0 Å². The number of carbonyl (C=O) groups is 1. The van der Waals surface area contributed by atoms with Crippen LogP contribution in [0.4, 0.5) is 13.2 Å². The van der Waals surface area contributed by atoms with E-state index < -0.39 is 17.7 Å². The van der Waals surface area contributed by atoms with Gasteiger partial charge in [0.05, 0.1) is 6.61 Å². The second-order valence-electron chi connectivity index (χ2n) is 4.86. The molecule has 0 fully saturated rings. The first-order valence-corrected chi connectivity index (χ1v) is 6.64. The lowest BCUT2D eigenvalue weighted by Gasteiger charge is -2.32. The minimum atomic E-state index is -4.92. The molecule has 0 unspecified atom stereocenters. The molecule has 0 heterocycles. The van der Waals surface area contributed by atoms with Crippen LogP contribution in [0.5, 0.6) is 0 Å². The van der Waals surface area contributed by atoms with Crippen LogP contribution in [-0.2, 0) is 19.9 Å². The Bertz CT molecular complexity index is 459. The molecule has 1 aromatic rings. The van der Waals surface area contributed by atoms with Gasteiger partial charge in [-0.3, -0.25) is 0 Å². The van der Waals surface area contributed by atoms with Crippen molar-refractivity contribution in [1.82, 2.24) is 0 Å². The zero-order valence-electron chi connectivity index (χ0n) is 12.2. The molecule has 6 heteroatoms. The summed E-state index contributed by atoms with van der Waals surface area (Å²) in [6.45, 7) is 3.57. The van der Waals surface area contributed by atoms with Gasteiger partial charge in [-0.15, -0.1) is 0 Å². The Balaban J connectivity index is 3.17. The molecule has 0 amide bonds. The van der Waals surface area contributed by atoms with E-state index >= 15 is 0 Å². The van der Waals surface area contributed by atoms with Crippen LogP contribution in [0, 0.1) is 5.92 Å². The first-order valence-electron chi connectivity index (χ1n) is 6.64. The maximum absolute atomic E-state index is 13.5. The zero-order chi connectivity index (χ0) is 16.1. The van der Waals surface area contributed by atoms with E-state index in [2.05, 4.69) is 4.74 Å². The molecule has 0 saturated carbocycles. The number of rotatable bonds is 6. The minimum absolute atomic E-state index is 0.0208. The number of methoxy groups -OCH3 is 1. The summed E-state index contributed by atoms with van der Waals surface area (Å²) in [5.74, 6) is -1.46. The third kappa shape index (κ3) is 3.56. The quantitative estimate of drug-likeness (QED) is 0.752. The van der Waals surface area contributed by atoms with Gasteiger partial charge in [-0.25, -0.2) is 4.79 Å². The number of hydrogen-bond acceptors (Lipinski definition) is 3. The van der Waals surface area contributed by atoms with Crippen LogP contribution in [0.1, 0.15) is 25.8 Å². The van der Waals surface area contributed by atoms with E-state index in [4.69, 9.17) is 4.74 Å². The Kier molecular flexibility index (Phi) is 5.78. The van der Waals surface area contributed by atoms with Gasteiger partial charge in [0, 0.05) is 12.7 Å². The fourth-order valence-electron chi connectivity index (χ4n) is 1.82. The number of benzene rings is 1. The molecule has 118 valence electrons. The first-order chi connectivity index (χ1) is 9.79. The molecule has 0 spiro atoms. The molecule has 0 bridgehead atoms. The van der Waals surface area contributed by atoms with E-state index in [0.717, 1.165) is 7.11 Å². The first kappa shape index (κ1) is 17.5. The minimum Gasteiger partial charge on any atom is -0.463 e. The topological polar surface area (TPSA) is 35.5 Å². The third-order valence-electron chi connectivity index (χ3n) is 3.37. The number of esters is 1. The molecule has 0 aliphatic rings. The molecule has 21 heavy (non-hydrogen) atoms. The lowest BCUT2D eigenvalue weighted by molar-refractivity contribution is -0.276. The monoisotopic (exact) mass is 304 g/mol. The van der Waals surface area contributed by atoms with Crippen LogP contribution in [0.2, 0.25) is 0 Å². The van der Waals surface area contributed by atoms with Crippen LogP contribution in [0.3, 0.4) is 0 Å². The molecule has 2 atom stereocenters. The van der Waals surface area contributed by atoms with E-state index in [-0.39, 0.29) is 18.1 Å². The van der Waals surface area contributed by atoms with Crippen molar-refractivity contribution in [1.29, 1.82) is 0 Å². The summed E-state index contributed by atoms with van der Waals surface area (Å²) < 4.78 is 49.9. The van der Waals surface area contributed by atoms with Crippen molar-refractivity contribution in [2.75, 3.05) is 13.7 Å². The van der Waals surface area contributed by atoms with E-state index in [1.807, 2.05) is 6.92 Å². The largest absolute Gasteiger partial charge is 0.463 e. The summed E-state index contributed by atoms with van der Waals surface area (Å²) >= 11 is 0. The summed E-state index contributed by atoms with van der Waals surface area (Å²) in [7, 11) is 0.852. The maximum atomic E-state index is 13.5. The van der Waals surface area contributed by atoms with Gasteiger partial charge in [0.2, 0.25) is 0 Å². The average Bonchev–Trinajstić information content (AvgIpc) is 2.45. The molecule has 0 aliphatic carbocycles. The second-order valence-corrected chi connectivity index (χ2v) is 4.86. The highest BCUT2D eigenvalue weighted by molar-refractivity contribution is 5.82. The standard InChI is InChI=1S/C15H19F3O3/c1-4-11(2)10-21-13(19)14(20-3,15(16,17)18)12-8-6-5-7-9-12/h5-9,11H,4,10H2,1-3H3/t11-,14-/m1/s1. The molecular formula is C15H19F3O3. The van der Waals surface area contributed by atoms with Crippen molar-refractivity contribution >= 4 is 5.97 Å². The Morgan fingerprint density at radius 1 is 1.24 bits per heavy atom. The SMILES string of the molecule is CC[C@@H](C)COC(=O)[C@](OC)(c1ccccc1)C(F)(F)F. The van der Waals surface area contributed by atoms with Crippen molar-refractivity contribution in [2.45, 2.75) is 32.0 Å². The highest BCUT2D eigenvalue weighted by Gasteiger charge is 2.64. The molecule has 0 radical (unpaired) electrons. The fraction of sp³-hybridized carbons (Fsp3) is 0.533. The van der Waals surface area contributed by atoms with Crippen molar-refractivity contribution in [3.05, 3.63) is 35.9 Å². The van der Waals surface area contributed by atoms with E-state index in [0.29, 0.717) is 6.42 Å². The predicted octanol–water partition coefficient (Wildman–Crippen LogP) is 3.68. The summed E-state index contributed by atoms with van der Waals surface area (Å²) in [6, 6.07) is 6.78. The van der Waals surface area contributed by atoms with Gasteiger partial charge >= 0.3 is 12.1 Å². The molecule has 1 aromatic carbocycles. The third-order valence-corrected chi connectivity index (χ3v) is 3.37. The number of carbonyl (C=O) groups excluding carboxylic acids is 1. The van der Waals surface area contributed by atoms with E-state index in [1.165, 1.54) is 24.3 Å². The van der Waals surface area contributed by atoms with Gasteiger partial charge in [-0.1, -0.05) is 50.6 Å². The Morgan fingerprint density at radius 2 is 1.81 bits per heavy atom. The fourth-order valence-corrected chi connectivity index (χ4v) is 1.82. The van der Waals surface area contributed by atoms with Crippen LogP contribution < -0.4 is 0 Å². The molecule has 3 nitrogen and oxygen atoms in total. The van der Waals surface area contributed by atoms with Crippen LogP contribution in [0.25, 0.3) is 0 Å². The van der Waals surface area contributed by atoms with Gasteiger partial charge in [-0.2, -0.15) is 13.2 Å². The van der Waals surface area contributed by atoms with Gasteiger partial charge in [0.1, 0.15) is 0 Å². The van der Waals surface area contributed by atoms with Gasteiger partial charge in [-0.05, 0) is 5.92 Å². The number of alkyl halides is 3. The molecule has 0 saturated heterocycles. The summed E-state index contributed by atoms with van der Waals surface area (Å²) in [6.07, 6.45) is -4.22. The number of halogens is 3. The maximum Gasteiger partial charge on any atom is 0.432 e. The highest BCUT2D eigenvalue weighted by Crippen LogP contribution is 2.42. The summed E-state index contributed by atoms with van der Waals surface area (Å²) in [4.78, 5) is 12.1. The van der Waals surface area contributed by atoms with Crippen molar-refractivity contribution in [3.8, 4) is 0 Å². The second kappa shape index (κ2) is 6.93.